The topological polar surface area (TPSA) is 55.4 Å². The van der Waals surface area contributed by atoms with Crippen molar-refractivity contribution >= 4 is 29.0 Å². The fraction of sp³-hybridized carbons (Fsp3) is 0.286. The van der Waals surface area contributed by atoms with E-state index < -0.39 is 5.97 Å². The zero-order valence-corrected chi connectivity index (χ0v) is 12.0. The number of rotatable bonds is 4. The van der Waals surface area contributed by atoms with Gasteiger partial charge in [-0.05, 0) is 31.7 Å². The van der Waals surface area contributed by atoms with Crippen LogP contribution in [-0.4, -0.2) is 24.1 Å². The van der Waals surface area contributed by atoms with Crippen LogP contribution in [0.4, 0.5) is 4.79 Å². The summed E-state index contributed by atoms with van der Waals surface area (Å²) >= 11 is 1.00. The molecule has 1 rings (SSSR count). The van der Waals surface area contributed by atoms with Gasteiger partial charge in [0, 0.05) is 0 Å². The van der Waals surface area contributed by atoms with Crippen LogP contribution in [0.1, 0.15) is 18.1 Å². The summed E-state index contributed by atoms with van der Waals surface area (Å²) in [5.74, 6) is -0.537. The molecule has 0 aliphatic heterocycles. The van der Waals surface area contributed by atoms with Crippen LogP contribution < -0.4 is 5.32 Å². The molecule has 0 heterocycles. The third-order valence-electron chi connectivity index (χ3n) is 2.31. The van der Waals surface area contributed by atoms with E-state index in [0.717, 1.165) is 22.9 Å². The molecule has 0 fully saturated rings. The summed E-state index contributed by atoms with van der Waals surface area (Å²) < 4.78 is 4.91. The van der Waals surface area contributed by atoms with Crippen LogP contribution in [0, 0.1) is 6.92 Å². The van der Waals surface area contributed by atoms with Crippen molar-refractivity contribution < 1.29 is 14.3 Å². The highest BCUT2D eigenvalue weighted by molar-refractivity contribution is 8.13. The number of carbonyl (C=O) groups is 2. The second-order valence-corrected chi connectivity index (χ2v) is 4.58. The minimum Gasteiger partial charge on any atom is -0.461 e. The molecule has 102 valence electrons. The summed E-state index contributed by atoms with van der Waals surface area (Å²) in [7, 11) is 0. The van der Waals surface area contributed by atoms with Crippen molar-refractivity contribution in [3.05, 3.63) is 41.1 Å². The van der Waals surface area contributed by atoms with Crippen LogP contribution in [0.3, 0.4) is 0 Å². The van der Waals surface area contributed by atoms with Gasteiger partial charge in [-0.3, -0.25) is 4.79 Å². The van der Waals surface area contributed by atoms with Gasteiger partial charge in [0.15, 0.2) is 0 Å². The van der Waals surface area contributed by atoms with E-state index in [0.29, 0.717) is 0 Å². The maximum atomic E-state index is 11.8. The predicted octanol–water partition coefficient (Wildman–Crippen LogP) is 2.97. The molecule has 0 aliphatic carbocycles. The van der Waals surface area contributed by atoms with E-state index >= 15 is 0 Å². The van der Waals surface area contributed by atoms with E-state index in [1.165, 1.54) is 0 Å². The standard InChI is InChI=1S/C14H17NO3S/c1-4-18-13(16)12(15-14(17)19-3)9-11-7-5-10(2)6-8-11/h5-9H,4H2,1-3H3,(H,15,17)/b12-9-. The minimum absolute atomic E-state index is 0.144. The first kappa shape index (κ1) is 15.3. The second kappa shape index (κ2) is 7.63. The van der Waals surface area contributed by atoms with Crippen LogP contribution in [-0.2, 0) is 9.53 Å². The fourth-order valence-corrected chi connectivity index (χ4v) is 1.56. The average Bonchev–Trinajstić information content (AvgIpc) is 2.40. The van der Waals surface area contributed by atoms with Gasteiger partial charge in [-0.15, -0.1) is 0 Å². The van der Waals surface area contributed by atoms with Gasteiger partial charge in [-0.25, -0.2) is 4.79 Å². The molecule has 0 saturated carbocycles. The Morgan fingerprint density at radius 1 is 1.32 bits per heavy atom. The molecule has 0 spiro atoms. The molecule has 0 saturated heterocycles. The molecule has 0 atom stereocenters. The maximum Gasteiger partial charge on any atom is 0.354 e. The average molecular weight is 279 g/mol. The number of esters is 1. The van der Waals surface area contributed by atoms with E-state index in [9.17, 15) is 9.59 Å². The molecule has 4 nitrogen and oxygen atoms in total. The lowest BCUT2D eigenvalue weighted by Crippen LogP contribution is -2.25. The zero-order chi connectivity index (χ0) is 14.3. The molecule has 0 unspecified atom stereocenters. The van der Waals surface area contributed by atoms with Gasteiger partial charge in [-0.2, -0.15) is 0 Å². The zero-order valence-electron chi connectivity index (χ0n) is 11.2. The monoisotopic (exact) mass is 279 g/mol. The number of hydrogen-bond acceptors (Lipinski definition) is 4. The van der Waals surface area contributed by atoms with Crippen molar-refractivity contribution in [2.24, 2.45) is 0 Å². The molecule has 0 aromatic heterocycles. The van der Waals surface area contributed by atoms with E-state index in [1.54, 1.807) is 19.3 Å². The number of aryl methyl sites for hydroxylation is 1. The highest BCUT2D eigenvalue weighted by Gasteiger charge is 2.13. The number of amides is 1. The second-order valence-electron chi connectivity index (χ2n) is 3.81. The number of ether oxygens (including phenoxy) is 1. The van der Waals surface area contributed by atoms with Crippen molar-refractivity contribution in [2.45, 2.75) is 13.8 Å². The Bertz CT molecular complexity index is 480. The molecule has 0 aliphatic rings. The van der Waals surface area contributed by atoms with E-state index in [1.807, 2.05) is 31.2 Å². The first-order valence-corrected chi connectivity index (χ1v) is 7.09. The van der Waals surface area contributed by atoms with Crippen LogP contribution in [0.5, 0.6) is 0 Å². The van der Waals surface area contributed by atoms with Gasteiger partial charge in [0.25, 0.3) is 5.24 Å². The Labute approximate surface area is 117 Å². The lowest BCUT2D eigenvalue weighted by molar-refractivity contribution is -0.138. The Kier molecular flexibility index (Phi) is 6.15. The summed E-state index contributed by atoms with van der Waals surface area (Å²) in [6, 6.07) is 7.62. The number of thioether (sulfide) groups is 1. The van der Waals surface area contributed by atoms with Crippen molar-refractivity contribution in [3.8, 4) is 0 Å². The SMILES string of the molecule is CCOC(=O)/C(=C/c1ccc(C)cc1)NC(=O)SC. The van der Waals surface area contributed by atoms with Gasteiger partial charge in [0.2, 0.25) is 0 Å². The molecule has 1 N–H and O–H groups in total. The number of benzene rings is 1. The first-order valence-electron chi connectivity index (χ1n) is 5.87. The number of hydrogen-bond donors (Lipinski definition) is 1. The van der Waals surface area contributed by atoms with E-state index in [2.05, 4.69) is 5.32 Å². The van der Waals surface area contributed by atoms with E-state index in [4.69, 9.17) is 4.74 Å². The molecule has 0 radical (unpaired) electrons. The number of carbonyl (C=O) groups excluding carboxylic acids is 2. The lowest BCUT2D eigenvalue weighted by atomic mass is 10.1. The largest absolute Gasteiger partial charge is 0.461 e. The summed E-state index contributed by atoms with van der Waals surface area (Å²) in [5, 5.41) is 2.23. The Morgan fingerprint density at radius 2 is 1.95 bits per heavy atom. The van der Waals surface area contributed by atoms with Crippen LogP contribution >= 0.6 is 11.8 Å². The van der Waals surface area contributed by atoms with E-state index in [-0.39, 0.29) is 17.5 Å². The Morgan fingerprint density at radius 3 is 2.47 bits per heavy atom. The minimum atomic E-state index is -0.537. The van der Waals surface area contributed by atoms with Gasteiger partial charge in [-0.1, -0.05) is 41.6 Å². The molecule has 1 aromatic rings. The third-order valence-corrected chi connectivity index (χ3v) is 2.78. The quantitative estimate of drug-likeness (QED) is 0.680. The van der Waals surface area contributed by atoms with Crippen LogP contribution in [0.2, 0.25) is 0 Å². The lowest BCUT2D eigenvalue weighted by Gasteiger charge is -2.08. The maximum absolute atomic E-state index is 11.8. The van der Waals surface area contributed by atoms with Gasteiger partial charge in [0.05, 0.1) is 6.61 Å². The van der Waals surface area contributed by atoms with Gasteiger partial charge >= 0.3 is 5.97 Å². The van der Waals surface area contributed by atoms with Crippen LogP contribution in [0.15, 0.2) is 30.0 Å². The van der Waals surface area contributed by atoms with Gasteiger partial charge < -0.3 is 10.1 Å². The fourth-order valence-electron chi connectivity index (χ4n) is 1.35. The normalized spacial score (nSPS) is 11.0. The summed E-state index contributed by atoms with van der Waals surface area (Å²) in [6.45, 7) is 3.96. The van der Waals surface area contributed by atoms with Crippen molar-refractivity contribution in [1.82, 2.24) is 5.32 Å². The molecule has 19 heavy (non-hydrogen) atoms. The smallest absolute Gasteiger partial charge is 0.354 e. The highest BCUT2D eigenvalue weighted by atomic mass is 32.2. The Hall–Kier alpha value is -1.75. The predicted molar refractivity (Wildman–Crippen MR) is 77.8 cm³/mol. The van der Waals surface area contributed by atoms with Crippen molar-refractivity contribution in [1.29, 1.82) is 0 Å². The first-order chi connectivity index (χ1) is 9.06. The summed E-state index contributed by atoms with van der Waals surface area (Å²) in [4.78, 5) is 23.1. The molecule has 5 heteroatoms. The molecule has 1 amide bonds. The van der Waals surface area contributed by atoms with Gasteiger partial charge in [0.1, 0.15) is 5.70 Å². The third kappa shape index (κ3) is 5.18. The van der Waals surface area contributed by atoms with Crippen LogP contribution in [0.25, 0.3) is 6.08 Å². The van der Waals surface area contributed by atoms with Crippen molar-refractivity contribution in [2.75, 3.05) is 12.9 Å². The molecular formula is C14H17NO3S. The molecule has 0 bridgehead atoms. The molecular weight excluding hydrogens is 262 g/mol. The number of nitrogens with one attached hydrogen (secondary N) is 1. The Balaban J connectivity index is 2.97. The summed E-state index contributed by atoms with van der Waals surface area (Å²) in [5.41, 5.74) is 2.10. The van der Waals surface area contributed by atoms with Crippen molar-refractivity contribution in [3.63, 3.8) is 0 Å². The molecule has 1 aromatic carbocycles. The highest BCUT2D eigenvalue weighted by Crippen LogP contribution is 2.09. The summed E-state index contributed by atoms with van der Waals surface area (Å²) in [6.07, 6.45) is 3.25.